The molecule has 0 bridgehead atoms. The summed E-state index contributed by atoms with van der Waals surface area (Å²) in [6.07, 6.45) is -1.46. The summed E-state index contributed by atoms with van der Waals surface area (Å²) in [7, 11) is 1.19. The van der Waals surface area contributed by atoms with Crippen LogP contribution in [-0.4, -0.2) is 18.5 Å². The first-order chi connectivity index (χ1) is 3.18. The zero-order valence-electron chi connectivity index (χ0n) is 4.02. The van der Waals surface area contributed by atoms with E-state index in [0.29, 0.717) is 0 Å². The van der Waals surface area contributed by atoms with E-state index in [9.17, 15) is 4.39 Å². The van der Waals surface area contributed by atoms with Gasteiger partial charge in [-0.3, -0.25) is 0 Å². The number of halogens is 1. The van der Waals surface area contributed by atoms with Crippen molar-refractivity contribution in [1.29, 1.82) is 0 Å². The molecule has 0 aliphatic rings. The Kier molecular flexibility index (Phi) is 2.55. The molecule has 0 amide bonds. The minimum atomic E-state index is -1.46. The van der Waals surface area contributed by atoms with Gasteiger partial charge in [0.15, 0.2) is 0 Å². The van der Waals surface area contributed by atoms with Crippen molar-refractivity contribution in [2.24, 2.45) is 0 Å². The predicted octanol–water partition coefficient (Wildman–Crippen LogP) is 0.434. The van der Waals surface area contributed by atoms with Crippen LogP contribution in [-0.2, 0) is 4.74 Å². The third-order valence-corrected chi connectivity index (χ3v) is 0.491. The van der Waals surface area contributed by atoms with Crippen molar-refractivity contribution in [3.05, 3.63) is 12.4 Å². The number of aliphatic hydroxyl groups excluding tert-OH is 1. The second-order valence-electron chi connectivity index (χ2n) is 1.03. The van der Waals surface area contributed by atoms with Crippen LogP contribution in [0.3, 0.4) is 0 Å². The van der Waals surface area contributed by atoms with Crippen LogP contribution in [0.1, 0.15) is 0 Å². The van der Waals surface area contributed by atoms with Gasteiger partial charge in [0, 0.05) is 7.11 Å². The highest BCUT2D eigenvalue weighted by molar-refractivity contribution is 4.82. The Morgan fingerprint density at radius 1 is 2.00 bits per heavy atom. The molecule has 3 heteroatoms. The van der Waals surface area contributed by atoms with Crippen LogP contribution in [0.2, 0.25) is 0 Å². The fraction of sp³-hybridized carbons (Fsp3) is 0.500. The highest BCUT2D eigenvalue weighted by Crippen LogP contribution is 1.98. The summed E-state index contributed by atoms with van der Waals surface area (Å²) in [4.78, 5) is 0. The summed E-state index contributed by atoms with van der Waals surface area (Å²) in [5, 5.41) is 8.24. The molecule has 0 saturated carbocycles. The van der Waals surface area contributed by atoms with Gasteiger partial charge in [0.2, 0.25) is 6.29 Å². The van der Waals surface area contributed by atoms with Crippen LogP contribution < -0.4 is 0 Å². The molecule has 2 nitrogen and oxygen atoms in total. The summed E-state index contributed by atoms with van der Waals surface area (Å²) in [6.45, 7) is 2.78. The van der Waals surface area contributed by atoms with Crippen molar-refractivity contribution in [2.75, 3.05) is 7.11 Å². The van der Waals surface area contributed by atoms with E-state index in [-0.39, 0.29) is 0 Å². The van der Waals surface area contributed by atoms with Gasteiger partial charge in [-0.05, 0) is 0 Å². The summed E-state index contributed by atoms with van der Waals surface area (Å²) in [6, 6.07) is 0. The molecule has 0 heterocycles. The maximum absolute atomic E-state index is 11.5. The molecule has 0 saturated heterocycles. The first kappa shape index (κ1) is 6.59. The van der Waals surface area contributed by atoms with Crippen molar-refractivity contribution in [1.82, 2.24) is 0 Å². The first-order valence-corrected chi connectivity index (χ1v) is 1.73. The zero-order chi connectivity index (χ0) is 5.86. The van der Waals surface area contributed by atoms with E-state index in [1.165, 1.54) is 7.11 Å². The maximum atomic E-state index is 11.5. The van der Waals surface area contributed by atoms with Gasteiger partial charge in [-0.25, -0.2) is 4.39 Å². The van der Waals surface area contributed by atoms with Crippen LogP contribution in [0.4, 0.5) is 4.39 Å². The Bertz CT molecular complexity index is 72.1. The molecule has 1 N–H and O–H groups in total. The topological polar surface area (TPSA) is 29.5 Å². The maximum Gasteiger partial charge on any atom is 0.207 e. The second kappa shape index (κ2) is 2.71. The normalized spacial score (nSPS) is 13.6. The molecule has 1 atom stereocenters. The highest BCUT2D eigenvalue weighted by Gasteiger charge is 2.02. The Balaban J connectivity index is 3.34. The summed E-state index contributed by atoms with van der Waals surface area (Å²) in [5.41, 5.74) is 0. The van der Waals surface area contributed by atoms with E-state index in [4.69, 9.17) is 5.11 Å². The molecule has 7 heavy (non-hydrogen) atoms. The standard InChI is InChI=1S/C4H7FO2/c1-3(5)4(6)7-2/h4,6H,1H2,2H3. The van der Waals surface area contributed by atoms with Crippen molar-refractivity contribution in [3.63, 3.8) is 0 Å². The fourth-order valence-corrected chi connectivity index (χ4v) is 0.128. The quantitative estimate of drug-likeness (QED) is 0.517. The smallest absolute Gasteiger partial charge is 0.207 e. The minimum absolute atomic E-state index is 0.873. The molecular formula is C4H7FO2. The molecule has 42 valence electrons. The Morgan fingerprint density at radius 2 is 2.43 bits per heavy atom. The fourth-order valence-electron chi connectivity index (χ4n) is 0.128. The molecule has 0 radical (unpaired) electrons. The molecule has 0 aliphatic carbocycles. The van der Waals surface area contributed by atoms with E-state index in [2.05, 4.69) is 11.3 Å². The predicted molar refractivity (Wildman–Crippen MR) is 23.3 cm³/mol. The molecule has 0 aromatic carbocycles. The van der Waals surface area contributed by atoms with Gasteiger partial charge in [0.05, 0.1) is 0 Å². The highest BCUT2D eigenvalue weighted by atomic mass is 19.1. The van der Waals surface area contributed by atoms with Crippen LogP contribution in [0.25, 0.3) is 0 Å². The van der Waals surface area contributed by atoms with Gasteiger partial charge < -0.3 is 9.84 Å². The molecule has 0 rings (SSSR count). The van der Waals surface area contributed by atoms with Crippen molar-refractivity contribution in [2.45, 2.75) is 6.29 Å². The number of aliphatic hydroxyl groups is 1. The average Bonchev–Trinajstić information content (AvgIpc) is 1.65. The number of rotatable bonds is 2. The lowest BCUT2D eigenvalue weighted by atomic mass is 10.6. The minimum Gasteiger partial charge on any atom is -0.362 e. The average molecular weight is 106 g/mol. The number of ether oxygens (including phenoxy) is 1. The molecule has 1 unspecified atom stereocenters. The van der Waals surface area contributed by atoms with Gasteiger partial charge in [0.1, 0.15) is 5.83 Å². The Morgan fingerprint density at radius 3 is 2.43 bits per heavy atom. The largest absolute Gasteiger partial charge is 0.362 e. The molecule has 0 aromatic rings. The Labute approximate surface area is 41.2 Å². The van der Waals surface area contributed by atoms with E-state index in [1.807, 2.05) is 0 Å². The number of methoxy groups -OCH3 is 1. The molecule has 0 aliphatic heterocycles. The lowest BCUT2D eigenvalue weighted by Gasteiger charge is -2.00. The Hall–Kier alpha value is -0.410. The third kappa shape index (κ3) is 2.31. The summed E-state index contributed by atoms with van der Waals surface area (Å²) >= 11 is 0. The lowest BCUT2D eigenvalue weighted by Crippen LogP contribution is -2.07. The van der Waals surface area contributed by atoms with Crippen molar-refractivity contribution in [3.8, 4) is 0 Å². The molecule has 0 spiro atoms. The van der Waals surface area contributed by atoms with Gasteiger partial charge in [-0.2, -0.15) is 0 Å². The first-order valence-electron chi connectivity index (χ1n) is 1.73. The van der Waals surface area contributed by atoms with Crippen LogP contribution in [0.5, 0.6) is 0 Å². The molecular weight excluding hydrogens is 99.0 g/mol. The van der Waals surface area contributed by atoms with Crippen LogP contribution in [0, 0.1) is 0 Å². The van der Waals surface area contributed by atoms with Crippen molar-refractivity contribution < 1.29 is 14.2 Å². The number of hydrogen-bond acceptors (Lipinski definition) is 2. The second-order valence-corrected chi connectivity index (χ2v) is 1.03. The van der Waals surface area contributed by atoms with Gasteiger partial charge >= 0.3 is 0 Å². The third-order valence-electron chi connectivity index (χ3n) is 0.491. The van der Waals surface area contributed by atoms with Crippen LogP contribution >= 0.6 is 0 Å². The molecule has 0 fully saturated rings. The van der Waals surface area contributed by atoms with Gasteiger partial charge in [-0.15, -0.1) is 0 Å². The monoisotopic (exact) mass is 106 g/mol. The van der Waals surface area contributed by atoms with Gasteiger partial charge in [-0.1, -0.05) is 6.58 Å². The van der Waals surface area contributed by atoms with E-state index in [1.54, 1.807) is 0 Å². The summed E-state index contributed by atoms with van der Waals surface area (Å²) < 4.78 is 15.6. The van der Waals surface area contributed by atoms with E-state index in [0.717, 1.165) is 0 Å². The van der Waals surface area contributed by atoms with Crippen LogP contribution in [0.15, 0.2) is 12.4 Å². The van der Waals surface area contributed by atoms with E-state index < -0.39 is 12.1 Å². The number of hydrogen-bond donors (Lipinski definition) is 1. The summed E-state index contributed by atoms with van der Waals surface area (Å²) in [5.74, 6) is -0.873. The molecule has 0 aromatic heterocycles. The van der Waals surface area contributed by atoms with E-state index >= 15 is 0 Å². The zero-order valence-corrected chi connectivity index (χ0v) is 4.02. The van der Waals surface area contributed by atoms with Gasteiger partial charge in [0.25, 0.3) is 0 Å². The van der Waals surface area contributed by atoms with Crippen molar-refractivity contribution >= 4 is 0 Å². The SMILES string of the molecule is C=C(F)C(O)OC. The lowest BCUT2D eigenvalue weighted by molar-refractivity contribution is -0.0581.